The van der Waals surface area contributed by atoms with Gasteiger partial charge in [0.05, 0.1) is 30.6 Å². The first-order valence-corrected chi connectivity index (χ1v) is 9.07. The van der Waals surface area contributed by atoms with E-state index < -0.39 is 0 Å². The topological polar surface area (TPSA) is 75.1 Å². The molecule has 5 nitrogen and oxygen atoms in total. The fourth-order valence-corrected chi connectivity index (χ4v) is 2.79. The molecule has 0 saturated carbocycles. The van der Waals surface area contributed by atoms with E-state index in [0.29, 0.717) is 17.3 Å². The number of nitrogens with one attached hydrogen (secondary N) is 1. The van der Waals surface area contributed by atoms with Crippen molar-refractivity contribution in [2.24, 2.45) is 0 Å². The molecule has 1 aromatic heterocycles. The van der Waals surface area contributed by atoms with E-state index in [0.717, 1.165) is 28.1 Å². The van der Waals surface area contributed by atoms with E-state index in [1.807, 2.05) is 43.3 Å². The van der Waals surface area contributed by atoms with E-state index in [2.05, 4.69) is 15.3 Å². The molecule has 2 N–H and O–H groups in total. The molecule has 0 fully saturated rings. The van der Waals surface area contributed by atoms with Crippen molar-refractivity contribution in [3.05, 3.63) is 76.6 Å². The highest BCUT2D eigenvalue weighted by Crippen LogP contribution is 2.21. The van der Waals surface area contributed by atoms with Crippen LogP contribution in [0.5, 0.6) is 0 Å². The summed E-state index contributed by atoms with van der Waals surface area (Å²) >= 11 is 5.87. The molecule has 0 aliphatic carbocycles. The Morgan fingerprint density at radius 2 is 1.74 bits per heavy atom. The van der Waals surface area contributed by atoms with E-state index in [9.17, 15) is 4.79 Å². The van der Waals surface area contributed by atoms with Gasteiger partial charge in [0.1, 0.15) is 0 Å². The van der Waals surface area contributed by atoms with Crippen molar-refractivity contribution < 1.29 is 9.90 Å². The average molecular weight is 382 g/mol. The number of carbonyl (C=O) groups is 1. The highest BCUT2D eigenvalue weighted by Gasteiger charge is 2.11. The molecule has 2 aromatic carbocycles. The van der Waals surface area contributed by atoms with Gasteiger partial charge in [-0.3, -0.25) is 4.79 Å². The van der Waals surface area contributed by atoms with Crippen LogP contribution in [0.25, 0.3) is 11.3 Å². The highest BCUT2D eigenvalue weighted by molar-refractivity contribution is 6.30. The Morgan fingerprint density at radius 1 is 1.07 bits per heavy atom. The number of aryl methyl sites for hydroxylation is 1. The monoisotopic (exact) mass is 381 g/mol. The van der Waals surface area contributed by atoms with E-state index in [-0.39, 0.29) is 18.9 Å². The van der Waals surface area contributed by atoms with Gasteiger partial charge in [0, 0.05) is 10.6 Å². The predicted molar refractivity (Wildman–Crippen MR) is 107 cm³/mol. The summed E-state index contributed by atoms with van der Waals surface area (Å²) in [6.07, 6.45) is 2.53. The van der Waals surface area contributed by atoms with Gasteiger partial charge >= 0.3 is 0 Å². The summed E-state index contributed by atoms with van der Waals surface area (Å²) in [5.74, 6) is 0.327. The number of rotatable bonds is 6. The van der Waals surface area contributed by atoms with Gasteiger partial charge in [-0.05, 0) is 29.7 Å². The molecule has 1 heterocycles. The Labute approximate surface area is 163 Å². The summed E-state index contributed by atoms with van der Waals surface area (Å²) in [7, 11) is 0. The lowest BCUT2D eigenvalue weighted by Crippen LogP contribution is -2.17. The van der Waals surface area contributed by atoms with Gasteiger partial charge in [-0.2, -0.15) is 0 Å². The Hall–Kier alpha value is -2.76. The zero-order chi connectivity index (χ0) is 19.2. The number of nitrogens with zero attached hydrogens (tertiary/aromatic N) is 2. The van der Waals surface area contributed by atoms with Gasteiger partial charge < -0.3 is 10.4 Å². The Kier molecular flexibility index (Phi) is 6.16. The van der Waals surface area contributed by atoms with Crippen molar-refractivity contribution in [3.8, 4) is 11.3 Å². The number of aromatic nitrogens is 2. The molecular formula is C21H20ClN3O2. The van der Waals surface area contributed by atoms with Crippen LogP contribution in [-0.4, -0.2) is 21.0 Å². The Morgan fingerprint density at radius 3 is 2.37 bits per heavy atom. The number of carbonyl (C=O) groups excluding carboxylic acids is 1. The van der Waals surface area contributed by atoms with Crippen LogP contribution in [0.3, 0.4) is 0 Å². The number of hydrogen-bond acceptors (Lipinski definition) is 4. The van der Waals surface area contributed by atoms with Crippen molar-refractivity contribution in [2.45, 2.75) is 26.4 Å². The van der Waals surface area contributed by atoms with Crippen molar-refractivity contribution >= 4 is 23.3 Å². The fourth-order valence-electron chi connectivity index (χ4n) is 2.66. The summed E-state index contributed by atoms with van der Waals surface area (Å²) in [6, 6.07) is 14.7. The summed E-state index contributed by atoms with van der Waals surface area (Å²) in [5.41, 5.74) is 4.08. The molecule has 0 aliphatic heterocycles. The van der Waals surface area contributed by atoms with Crippen LogP contribution in [0.4, 0.5) is 5.82 Å². The lowest BCUT2D eigenvalue weighted by atomic mass is 10.1. The molecule has 27 heavy (non-hydrogen) atoms. The second-order valence-electron chi connectivity index (χ2n) is 6.11. The third-order valence-corrected chi connectivity index (χ3v) is 4.40. The number of aliphatic hydroxyl groups excluding tert-OH is 1. The third kappa shape index (κ3) is 4.90. The van der Waals surface area contributed by atoms with Gasteiger partial charge in [-0.25, -0.2) is 9.97 Å². The maximum absolute atomic E-state index is 12.3. The summed E-state index contributed by atoms with van der Waals surface area (Å²) in [4.78, 5) is 21.4. The molecule has 3 rings (SSSR count). The third-order valence-electron chi connectivity index (χ3n) is 4.15. The Bertz CT molecular complexity index is 925. The van der Waals surface area contributed by atoms with Crippen LogP contribution < -0.4 is 5.32 Å². The van der Waals surface area contributed by atoms with E-state index >= 15 is 0 Å². The normalized spacial score (nSPS) is 10.6. The number of aliphatic hydroxyl groups is 1. The largest absolute Gasteiger partial charge is 0.392 e. The number of hydrogen-bond donors (Lipinski definition) is 2. The van der Waals surface area contributed by atoms with E-state index in [1.54, 1.807) is 18.3 Å². The van der Waals surface area contributed by atoms with Gasteiger partial charge in [0.15, 0.2) is 5.82 Å². The standard InChI is InChI=1S/C21H20ClN3O2/c1-2-18-21(25-20(27)11-14-5-9-17(22)10-6-14)23-12-19(24-18)16-7-3-15(13-26)4-8-16/h3-10,12,26H,2,11,13H2,1H3,(H,23,25,27). The second-order valence-corrected chi connectivity index (χ2v) is 6.55. The van der Waals surface area contributed by atoms with Crippen molar-refractivity contribution in [2.75, 3.05) is 5.32 Å². The number of amides is 1. The lowest BCUT2D eigenvalue weighted by Gasteiger charge is -2.10. The summed E-state index contributed by atoms with van der Waals surface area (Å²) in [5, 5.41) is 12.6. The first-order valence-electron chi connectivity index (χ1n) is 8.69. The number of anilines is 1. The van der Waals surface area contributed by atoms with E-state index in [4.69, 9.17) is 16.7 Å². The molecule has 0 unspecified atom stereocenters. The molecule has 0 radical (unpaired) electrons. The molecule has 3 aromatic rings. The maximum Gasteiger partial charge on any atom is 0.229 e. The van der Waals surface area contributed by atoms with Gasteiger partial charge in [0.2, 0.25) is 5.91 Å². The molecule has 6 heteroatoms. The van der Waals surface area contributed by atoms with Crippen LogP contribution in [0.15, 0.2) is 54.7 Å². The van der Waals surface area contributed by atoms with Crippen LogP contribution in [-0.2, 0) is 24.2 Å². The van der Waals surface area contributed by atoms with Crippen molar-refractivity contribution in [1.29, 1.82) is 0 Å². The number of benzene rings is 2. The smallest absolute Gasteiger partial charge is 0.229 e. The summed E-state index contributed by atoms with van der Waals surface area (Å²) < 4.78 is 0. The van der Waals surface area contributed by atoms with Crippen molar-refractivity contribution in [3.63, 3.8) is 0 Å². The quantitative estimate of drug-likeness (QED) is 0.675. The van der Waals surface area contributed by atoms with Crippen LogP contribution >= 0.6 is 11.6 Å². The first kappa shape index (κ1) is 19.0. The van der Waals surface area contributed by atoms with Gasteiger partial charge in [0.25, 0.3) is 0 Å². The highest BCUT2D eigenvalue weighted by atomic mass is 35.5. The molecule has 138 valence electrons. The Balaban J connectivity index is 1.75. The minimum Gasteiger partial charge on any atom is -0.392 e. The zero-order valence-corrected chi connectivity index (χ0v) is 15.7. The van der Waals surface area contributed by atoms with Gasteiger partial charge in [-0.15, -0.1) is 0 Å². The minimum absolute atomic E-state index is 0.00472. The second kappa shape index (κ2) is 8.75. The predicted octanol–water partition coefficient (Wildman–Crippen LogP) is 4.03. The average Bonchev–Trinajstić information content (AvgIpc) is 2.70. The van der Waals surface area contributed by atoms with Crippen LogP contribution in [0, 0.1) is 0 Å². The van der Waals surface area contributed by atoms with Crippen LogP contribution in [0.1, 0.15) is 23.7 Å². The zero-order valence-electron chi connectivity index (χ0n) is 14.9. The van der Waals surface area contributed by atoms with Gasteiger partial charge in [-0.1, -0.05) is 54.9 Å². The summed E-state index contributed by atoms with van der Waals surface area (Å²) in [6.45, 7) is 1.97. The molecule has 1 amide bonds. The van der Waals surface area contributed by atoms with Crippen molar-refractivity contribution in [1.82, 2.24) is 9.97 Å². The maximum atomic E-state index is 12.3. The molecular weight excluding hydrogens is 362 g/mol. The molecule has 0 saturated heterocycles. The van der Waals surface area contributed by atoms with Crippen LogP contribution in [0.2, 0.25) is 5.02 Å². The number of halogens is 1. The fraction of sp³-hybridized carbons (Fsp3) is 0.190. The SMILES string of the molecule is CCc1nc(-c2ccc(CO)cc2)cnc1NC(=O)Cc1ccc(Cl)cc1. The first-order chi connectivity index (χ1) is 13.1. The molecule has 0 spiro atoms. The molecule has 0 bridgehead atoms. The molecule has 0 aliphatic rings. The lowest BCUT2D eigenvalue weighted by molar-refractivity contribution is -0.115. The minimum atomic E-state index is -0.152. The molecule has 0 atom stereocenters. The van der Waals surface area contributed by atoms with E-state index in [1.165, 1.54) is 0 Å².